The van der Waals surface area contributed by atoms with Crippen molar-refractivity contribution in [3.63, 3.8) is 0 Å². The summed E-state index contributed by atoms with van der Waals surface area (Å²) in [6.45, 7) is 2.51. The molecule has 1 N–H and O–H groups in total. The zero-order valence-electron chi connectivity index (χ0n) is 18.4. The van der Waals surface area contributed by atoms with Crippen molar-refractivity contribution in [1.82, 2.24) is 9.88 Å². The van der Waals surface area contributed by atoms with E-state index < -0.39 is 17.7 Å². The molecule has 1 unspecified atom stereocenters. The lowest BCUT2D eigenvalue weighted by Crippen LogP contribution is -2.29. The lowest BCUT2D eigenvalue weighted by molar-refractivity contribution is -0.140. The lowest BCUT2D eigenvalue weighted by Gasteiger charge is -2.25. The number of ketones is 1. The van der Waals surface area contributed by atoms with Crippen LogP contribution in [-0.2, 0) is 16.1 Å². The highest BCUT2D eigenvalue weighted by atomic mass is 16.5. The molecule has 0 spiro atoms. The molecule has 2 heterocycles. The number of hydrogen-bond acceptors (Lipinski definition) is 6. The smallest absolute Gasteiger partial charge is 0.295 e. The molecule has 1 aliphatic heterocycles. The predicted octanol–water partition coefficient (Wildman–Crippen LogP) is 4.11. The molecule has 1 fully saturated rings. The Morgan fingerprint density at radius 2 is 1.85 bits per heavy atom. The quantitative estimate of drug-likeness (QED) is 0.335. The van der Waals surface area contributed by atoms with Gasteiger partial charge in [-0.15, -0.1) is 0 Å². The van der Waals surface area contributed by atoms with Crippen molar-refractivity contribution in [3.05, 3.63) is 95.3 Å². The highest BCUT2D eigenvalue weighted by Gasteiger charge is 2.46. The van der Waals surface area contributed by atoms with E-state index in [4.69, 9.17) is 9.47 Å². The van der Waals surface area contributed by atoms with Crippen LogP contribution in [0.15, 0.2) is 78.6 Å². The fraction of sp³-hybridized carbons (Fsp3) is 0.192. The molecular formula is C26H24N2O5. The van der Waals surface area contributed by atoms with Crippen LogP contribution in [0, 0.1) is 0 Å². The van der Waals surface area contributed by atoms with Crippen LogP contribution >= 0.6 is 0 Å². The number of Topliss-reactive ketones (excluding diaryl/α,β-unsaturated/α-hetero) is 1. The van der Waals surface area contributed by atoms with Crippen molar-refractivity contribution < 1.29 is 24.2 Å². The van der Waals surface area contributed by atoms with E-state index >= 15 is 0 Å². The van der Waals surface area contributed by atoms with E-state index in [-0.39, 0.29) is 17.9 Å². The second kappa shape index (κ2) is 9.56. The number of nitrogens with zero attached hydrogens (tertiary/aromatic N) is 2. The summed E-state index contributed by atoms with van der Waals surface area (Å²) in [6, 6.07) is 16.8. The molecule has 1 saturated heterocycles. The number of rotatable bonds is 7. The largest absolute Gasteiger partial charge is 0.507 e. The average molecular weight is 444 g/mol. The number of benzene rings is 2. The van der Waals surface area contributed by atoms with Crippen LogP contribution < -0.4 is 9.47 Å². The number of methoxy groups -OCH3 is 1. The molecule has 7 heteroatoms. The van der Waals surface area contributed by atoms with Gasteiger partial charge in [0.1, 0.15) is 17.3 Å². The number of hydrogen-bond donors (Lipinski definition) is 1. The number of pyridine rings is 1. The predicted molar refractivity (Wildman–Crippen MR) is 123 cm³/mol. The van der Waals surface area contributed by atoms with Crippen LogP contribution in [-0.4, -0.2) is 40.4 Å². The SMILES string of the molecule is CCOc1cccc(/C(O)=C2/C(=O)C(=O)N(Cc3ccc(OC)cc3)C2c2cccnc2)c1. The number of aliphatic hydroxyl groups excluding tert-OH is 1. The highest BCUT2D eigenvalue weighted by Crippen LogP contribution is 2.40. The molecule has 168 valence electrons. The van der Waals surface area contributed by atoms with Gasteiger partial charge in [0.25, 0.3) is 11.7 Å². The Kier molecular flexibility index (Phi) is 6.40. The molecule has 2 aromatic carbocycles. The van der Waals surface area contributed by atoms with E-state index in [9.17, 15) is 14.7 Å². The average Bonchev–Trinajstić information content (AvgIpc) is 3.10. The van der Waals surface area contributed by atoms with E-state index in [0.29, 0.717) is 29.2 Å². The lowest BCUT2D eigenvalue weighted by atomic mass is 9.96. The van der Waals surface area contributed by atoms with Gasteiger partial charge in [-0.05, 0) is 48.4 Å². The third-order valence-electron chi connectivity index (χ3n) is 5.47. The number of aliphatic hydroxyl groups is 1. The van der Waals surface area contributed by atoms with Gasteiger partial charge in [-0.25, -0.2) is 0 Å². The summed E-state index contributed by atoms with van der Waals surface area (Å²) in [5, 5.41) is 11.2. The minimum Gasteiger partial charge on any atom is -0.507 e. The van der Waals surface area contributed by atoms with E-state index in [1.54, 1.807) is 68.0 Å². The standard InChI is InChI=1S/C26H24N2O5/c1-3-33-21-8-4-6-18(14-21)24(29)22-23(19-7-5-13-27-15-19)28(26(31)25(22)30)16-17-9-11-20(32-2)12-10-17/h4-15,23,29H,3,16H2,1-2H3/b24-22-. The fourth-order valence-corrected chi connectivity index (χ4v) is 3.91. The summed E-state index contributed by atoms with van der Waals surface area (Å²) in [5.41, 5.74) is 1.88. The van der Waals surface area contributed by atoms with Crippen LogP contribution in [0.1, 0.15) is 29.7 Å². The molecule has 0 aliphatic carbocycles. The first-order valence-electron chi connectivity index (χ1n) is 10.6. The van der Waals surface area contributed by atoms with E-state index in [1.807, 2.05) is 19.1 Å². The van der Waals surface area contributed by atoms with Gasteiger partial charge in [-0.3, -0.25) is 14.6 Å². The minimum atomic E-state index is -0.781. The molecule has 4 rings (SSSR count). The van der Waals surface area contributed by atoms with E-state index in [0.717, 1.165) is 5.56 Å². The highest BCUT2D eigenvalue weighted by molar-refractivity contribution is 6.46. The van der Waals surface area contributed by atoms with Gasteiger partial charge < -0.3 is 19.5 Å². The number of aromatic nitrogens is 1. The maximum Gasteiger partial charge on any atom is 0.295 e. The van der Waals surface area contributed by atoms with Gasteiger partial charge in [-0.1, -0.05) is 30.3 Å². The first kappa shape index (κ1) is 22.1. The minimum absolute atomic E-state index is 0.0233. The van der Waals surface area contributed by atoms with Crippen molar-refractivity contribution in [3.8, 4) is 11.5 Å². The van der Waals surface area contributed by atoms with Crippen LogP contribution in [0.2, 0.25) is 0 Å². The number of carbonyl (C=O) groups is 2. The van der Waals surface area contributed by atoms with Gasteiger partial charge in [0.2, 0.25) is 0 Å². The zero-order valence-corrected chi connectivity index (χ0v) is 18.4. The van der Waals surface area contributed by atoms with Gasteiger partial charge >= 0.3 is 0 Å². The molecule has 1 aromatic heterocycles. The first-order chi connectivity index (χ1) is 16.0. The van der Waals surface area contributed by atoms with Gasteiger partial charge in [0.15, 0.2) is 0 Å². The summed E-state index contributed by atoms with van der Waals surface area (Å²) in [5.74, 6) is -0.411. The van der Waals surface area contributed by atoms with Crippen molar-refractivity contribution in [2.45, 2.75) is 19.5 Å². The van der Waals surface area contributed by atoms with Crippen LogP contribution in [0.25, 0.3) is 5.76 Å². The Morgan fingerprint density at radius 3 is 2.52 bits per heavy atom. The Bertz CT molecular complexity index is 1190. The van der Waals surface area contributed by atoms with Gasteiger partial charge in [-0.2, -0.15) is 0 Å². The Hall–Kier alpha value is -4.13. The summed E-state index contributed by atoms with van der Waals surface area (Å²) in [6.07, 6.45) is 3.21. The Morgan fingerprint density at radius 1 is 1.06 bits per heavy atom. The van der Waals surface area contributed by atoms with Crippen molar-refractivity contribution in [1.29, 1.82) is 0 Å². The molecule has 0 bridgehead atoms. The molecule has 1 atom stereocenters. The third-order valence-corrected chi connectivity index (χ3v) is 5.47. The molecule has 3 aromatic rings. The molecule has 7 nitrogen and oxygen atoms in total. The van der Waals surface area contributed by atoms with E-state index in [1.165, 1.54) is 4.90 Å². The molecule has 1 amide bonds. The first-order valence-corrected chi connectivity index (χ1v) is 10.6. The Labute approximate surface area is 191 Å². The van der Waals surface area contributed by atoms with Crippen molar-refractivity contribution in [2.75, 3.05) is 13.7 Å². The van der Waals surface area contributed by atoms with Gasteiger partial charge in [0.05, 0.1) is 25.3 Å². The van der Waals surface area contributed by atoms with Crippen LogP contribution in [0.3, 0.4) is 0 Å². The van der Waals surface area contributed by atoms with Crippen LogP contribution in [0.4, 0.5) is 0 Å². The molecule has 0 radical (unpaired) electrons. The summed E-state index contributed by atoms with van der Waals surface area (Å²) >= 11 is 0. The van der Waals surface area contributed by atoms with Gasteiger partial charge in [0, 0.05) is 24.5 Å². The molecule has 1 aliphatic rings. The monoisotopic (exact) mass is 444 g/mol. The summed E-state index contributed by atoms with van der Waals surface area (Å²) in [7, 11) is 1.58. The zero-order chi connectivity index (χ0) is 23.4. The number of ether oxygens (including phenoxy) is 2. The molecule has 0 saturated carbocycles. The topological polar surface area (TPSA) is 89.0 Å². The van der Waals surface area contributed by atoms with Crippen LogP contribution in [0.5, 0.6) is 11.5 Å². The summed E-state index contributed by atoms with van der Waals surface area (Å²) in [4.78, 5) is 31.8. The fourth-order valence-electron chi connectivity index (χ4n) is 3.91. The second-order valence-corrected chi connectivity index (χ2v) is 7.52. The van der Waals surface area contributed by atoms with E-state index in [2.05, 4.69) is 4.98 Å². The maximum atomic E-state index is 13.1. The van der Waals surface area contributed by atoms with Crippen molar-refractivity contribution >= 4 is 17.4 Å². The van der Waals surface area contributed by atoms with Crippen molar-refractivity contribution in [2.24, 2.45) is 0 Å². The number of amides is 1. The normalized spacial score (nSPS) is 17.3. The second-order valence-electron chi connectivity index (χ2n) is 7.52. The number of carbonyl (C=O) groups excluding carboxylic acids is 2. The maximum absolute atomic E-state index is 13.1. The summed E-state index contributed by atoms with van der Waals surface area (Å²) < 4.78 is 10.7. The third kappa shape index (κ3) is 4.43. The number of likely N-dealkylation sites (tertiary alicyclic amines) is 1. The Balaban J connectivity index is 1.80. The molecular weight excluding hydrogens is 420 g/mol. The molecule has 33 heavy (non-hydrogen) atoms.